The summed E-state index contributed by atoms with van der Waals surface area (Å²) in [5.41, 5.74) is 0. The van der Waals surface area contributed by atoms with E-state index in [-0.39, 0.29) is 0 Å². The van der Waals surface area contributed by atoms with Gasteiger partial charge >= 0.3 is 0 Å². The van der Waals surface area contributed by atoms with Gasteiger partial charge in [0, 0.05) is 35.5 Å². The van der Waals surface area contributed by atoms with E-state index in [4.69, 9.17) is 0 Å². The molecule has 0 aromatic carbocycles. The average molecular weight is 252 g/mol. The summed E-state index contributed by atoms with van der Waals surface area (Å²) in [6.07, 6.45) is 2.76. The van der Waals surface area contributed by atoms with Gasteiger partial charge in [-0.1, -0.05) is 0 Å². The third-order valence-corrected chi connectivity index (χ3v) is 3.84. The molecule has 2 atom stereocenters. The summed E-state index contributed by atoms with van der Waals surface area (Å²) in [4.78, 5) is 0. The molecular formula is C7H13IN2. The van der Waals surface area contributed by atoms with E-state index in [1.165, 1.54) is 32.5 Å². The zero-order valence-electron chi connectivity index (χ0n) is 6.02. The van der Waals surface area contributed by atoms with E-state index in [0.29, 0.717) is 0 Å². The van der Waals surface area contributed by atoms with E-state index >= 15 is 0 Å². The fraction of sp³-hybridized carbons (Fsp3) is 1.00. The maximum Gasteiger partial charge on any atom is 0.0247 e. The highest BCUT2D eigenvalue weighted by molar-refractivity contribution is 14.1. The number of nitrogens with one attached hydrogen (secondary N) is 1. The standard InChI is InChI=1S/C7H13IN2/c8-10-4-2-6-5-9-3-1-7(6)10/h6-7,9H,1-5H2. The first-order valence-corrected chi connectivity index (χ1v) is 4.97. The molecule has 2 fully saturated rings. The molecule has 2 nitrogen and oxygen atoms in total. The first-order chi connectivity index (χ1) is 4.88. The van der Waals surface area contributed by atoms with Crippen LogP contribution in [0.15, 0.2) is 0 Å². The second-order valence-corrected chi connectivity index (χ2v) is 4.47. The lowest BCUT2D eigenvalue weighted by molar-refractivity contribution is 0.301. The summed E-state index contributed by atoms with van der Waals surface area (Å²) in [5, 5.41) is 3.45. The number of piperidine rings is 1. The van der Waals surface area contributed by atoms with Crippen molar-refractivity contribution in [1.82, 2.24) is 8.43 Å². The lowest BCUT2D eigenvalue weighted by Gasteiger charge is -2.28. The van der Waals surface area contributed by atoms with Crippen molar-refractivity contribution in [3.8, 4) is 0 Å². The van der Waals surface area contributed by atoms with Crippen LogP contribution in [0.1, 0.15) is 12.8 Å². The van der Waals surface area contributed by atoms with Gasteiger partial charge in [-0.25, -0.2) is 3.11 Å². The molecular weight excluding hydrogens is 239 g/mol. The summed E-state index contributed by atoms with van der Waals surface area (Å²) in [6, 6.07) is 0.891. The smallest absolute Gasteiger partial charge is 0.0247 e. The molecule has 0 bridgehead atoms. The summed E-state index contributed by atoms with van der Waals surface area (Å²) < 4.78 is 2.49. The molecule has 0 aliphatic carbocycles. The van der Waals surface area contributed by atoms with Crippen LogP contribution < -0.4 is 5.32 Å². The van der Waals surface area contributed by atoms with Gasteiger partial charge in [-0.15, -0.1) is 0 Å². The highest BCUT2D eigenvalue weighted by atomic mass is 127. The maximum atomic E-state index is 3.45. The van der Waals surface area contributed by atoms with Crippen molar-refractivity contribution in [1.29, 1.82) is 0 Å². The largest absolute Gasteiger partial charge is 0.316 e. The van der Waals surface area contributed by atoms with Crippen LogP contribution >= 0.6 is 22.9 Å². The number of hydrogen-bond acceptors (Lipinski definition) is 2. The molecule has 0 saturated carbocycles. The van der Waals surface area contributed by atoms with Crippen LogP contribution in [0.5, 0.6) is 0 Å². The topological polar surface area (TPSA) is 15.3 Å². The third-order valence-electron chi connectivity index (χ3n) is 2.64. The first-order valence-electron chi connectivity index (χ1n) is 4.01. The number of halogens is 1. The number of fused-ring (bicyclic) bond motifs is 1. The van der Waals surface area contributed by atoms with Crippen molar-refractivity contribution in [2.24, 2.45) is 5.92 Å². The molecule has 2 saturated heterocycles. The Morgan fingerprint density at radius 3 is 3.10 bits per heavy atom. The lowest BCUT2D eigenvalue weighted by Crippen LogP contribution is -2.40. The molecule has 2 unspecified atom stereocenters. The van der Waals surface area contributed by atoms with Crippen LogP contribution in [0.4, 0.5) is 0 Å². The Morgan fingerprint density at radius 1 is 1.40 bits per heavy atom. The molecule has 1 N–H and O–H groups in total. The molecule has 3 heteroatoms. The summed E-state index contributed by atoms with van der Waals surface area (Å²) in [5.74, 6) is 0.950. The van der Waals surface area contributed by atoms with Gasteiger partial charge in [0.2, 0.25) is 0 Å². The summed E-state index contributed by atoms with van der Waals surface area (Å²) in [6.45, 7) is 3.78. The van der Waals surface area contributed by atoms with Crippen molar-refractivity contribution >= 4 is 22.9 Å². The minimum atomic E-state index is 0.891. The Labute approximate surface area is 75.8 Å². The van der Waals surface area contributed by atoms with Crippen molar-refractivity contribution in [2.45, 2.75) is 18.9 Å². The van der Waals surface area contributed by atoms with Crippen molar-refractivity contribution in [2.75, 3.05) is 19.6 Å². The number of nitrogens with zero attached hydrogens (tertiary/aromatic N) is 1. The van der Waals surface area contributed by atoms with Crippen LogP contribution in [-0.4, -0.2) is 28.8 Å². The van der Waals surface area contributed by atoms with Crippen LogP contribution in [-0.2, 0) is 0 Å². The van der Waals surface area contributed by atoms with Crippen LogP contribution in [0, 0.1) is 5.92 Å². The van der Waals surface area contributed by atoms with Crippen molar-refractivity contribution < 1.29 is 0 Å². The number of rotatable bonds is 0. The van der Waals surface area contributed by atoms with E-state index in [1.54, 1.807) is 0 Å². The van der Waals surface area contributed by atoms with Crippen molar-refractivity contribution in [3.05, 3.63) is 0 Å². The molecule has 0 spiro atoms. The van der Waals surface area contributed by atoms with Gasteiger partial charge in [-0.2, -0.15) is 0 Å². The third kappa shape index (κ3) is 1.19. The van der Waals surface area contributed by atoms with Gasteiger partial charge in [0.25, 0.3) is 0 Å². The molecule has 2 rings (SSSR count). The van der Waals surface area contributed by atoms with Gasteiger partial charge < -0.3 is 5.32 Å². The average Bonchev–Trinajstić information content (AvgIpc) is 2.34. The second-order valence-electron chi connectivity index (χ2n) is 3.23. The zero-order chi connectivity index (χ0) is 6.97. The second kappa shape index (κ2) is 2.95. The number of hydrogen-bond donors (Lipinski definition) is 1. The van der Waals surface area contributed by atoms with Crippen molar-refractivity contribution in [3.63, 3.8) is 0 Å². The Balaban J connectivity index is 2.01. The zero-order valence-corrected chi connectivity index (χ0v) is 8.17. The van der Waals surface area contributed by atoms with E-state index < -0.39 is 0 Å². The fourth-order valence-corrected chi connectivity index (χ4v) is 3.04. The first kappa shape index (κ1) is 7.31. The molecule has 0 amide bonds. The molecule has 2 heterocycles. The van der Waals surface area contributed by atoms with Crippen LogP contribution in [0.25, 0.3) is 0 Å². The molecule has 0 aromatic heterocycles. The predicted molar refractivity (Wildman–Crippen MR) is 50.1 cm³/mol. The lowest BCUT2D eigenvalue weighted by atomic mass is 9.95. The normalized spacial score (nSPS) is 41.7. The Hall–Kier alpha value is 0.650. The molecule has 10 heavy (non-hydrogen) atoms. The van der Waals surface area contributed by atoms with Gasteiger partial charge in [-0.3, -0.25) is 0 Å². The monoisotopic (exact) mass is 252 g/mol. The van der Waals surface area contributed by atoms with Gasteiger partial charge in [0.1, 0.15) is 0 Å². The van der Waals surface area contributed by atoms with Gasteiger partial charge in [0.05, 0.1) is 0 Å². The Morgan fingerprint density at radius 2 is 2.30 bits per heavy atom. The molecule has 2 aliphatic heterocycles. The molecule has 0 radical (unpaired) electrons. The minimum absolute atomic E-state index is 0.891. The Bertz CT molecular complexity index is 127. The van der Waals surface area contributed by atoms with E-state index in [0.717, 1.165) is 12.0 Å². The summed E-state index contributed by atoms with van der Waals surface area (Å²) >= 11 is 2.47. The van der Waals surface area contributed by atoms with Crippen LogP contribution in [0.3, 0.4) is 0 Å². The van der Waals surface area contributed by atoms with Gasteiger partial charge in [-0.05, 0) is 31.8 Å². The van der Waals surface area contributed by atoms with E-state index in [9.17, 15) is 0 Å². The highest BCUT2D eigenvalue weighted by Gasteiger charge is 2.34. The maximum absolute atomic E-state index is 3.45. The summed E-state index contributed by atoms with van der Waals surface area (Å²) in [7, 11) is 0. The highest BCUT2D eigenvalue weighted by Crippen LogP contribution is 2.30. The quantitative estimate of drug-likeness (QED) is 0.511. The molecule has 0 aromatic rings. The van der Waals surface area contributed by atoms with Gasteiger partial charge in [0.15, 0.2) is 0 Å². The van der Waals surface area contributed by atoms with E-state index in [2.05, 4.69) is 31.3 Å². The molecule has 2 aliphatic rings. The minimum Gasteiger partial charge on any atom is -0.316 e. The fourth-order valence-electron chi connectivity index (χ4n) is 2.03. The van der Waals surface area contributed by atoms with E-state index in [1.807, 2.05) is 0 Å². The predicted octanol–water partition coefficient (Wildman–Crippen LogP) is 1.02. The van der Waals surface area contributed by atoms with Crippen LogP contribution in [0.2, 0.25) is 0 Å². The SMILES string of the molecule is IN1CCC2CNCCC21. The molecule has 58 valence electrons. The Kier molecular flexibility index (Phi) is 2.15.